The molecule has 7 nitrogen and oxygen atoms in total. The van der Waals surface area contributed by atoms with Gasteiger partial charge in [0.2, 0.25) is 0 Å². The minimum atomic E-state index is -0.0165. The van der Waals surface area contributed by atoms with Crippen LogP contribution in [0.25, 0.3) is 0 Å². The summed E-state index contributed by atoms with van der Waals surface area (Å²) in [5.74, 6) is 2.87. The van der Waals surface area contributed by atoms with Crippen molar-refractivity contribution in [2.24, 2.45) is 10.9 Å². The van der Waals surface area contributed by atoms with E-state index in [0.717, 1.165) is 37.1 Å². The number of guanidine groups is 1. The van der Waals surface area contributed by atoms with Crippen molar-refractivity contribution in [1.29, 1.82) is 0 Å². The Morgan fingerprint density at radius 3 is 2.28 bits per heavy atom. The Labute approximate surface area is 176 Å². The van der Waals surface area contributed by atoms with E-state index < -0.39 is 0 Å². The molecule has 2 N–H and O–H groups in total. The molecule has 0 saturated carbocycles. The molecule has 164 valence electrons. The topological polar surface area (TPSA) is 61.4 Å². The highest BCUT2D eigenvalue weighted by molar-refractivity contribution is 5.79. The SMILES string of the molecule is CCN1CCN(CC(C)CNC(=NC)NCC(C)Oc2ccccc2OC)CC1. The van der Waals surface area contributed by atoms with Crippen LogP contribution in [0.15, 0.2) is 29.3 Å². The number of benzene rings is 1. The van der Waals surface area contributed by atoms with Crippen molar-refractivity contribution in [2.75, 3.05) is 66.5 Å². The van der Waals surface area contributed by atoms with Crippen LogP contribution < -0.4 is 20.1 Å². The maximum absolute atomic E-state index is 5.99. The van der Waals surface area contributed by atoms with Gasteiger partial charge in [0, 0.05) is 46.3 Å². The molecular formula is C22H39N5O2. The lowest BCUT2D eigenvalue weighted by atomic mass is 10.1. The molecule has 1 fully saturated rings. The standard InChI is InChI=1S/C22H39N5O2/c1-6-26-11-13-27(14-12-26)17-18(2)15-24-22(23-4)25-16-19(3)29-21-10-8-7-9-20(21)28-5/h7-10,18-19H,6,11-17H2,1-5H3,(H2,23,24,25). The molecular weight excluding hydrogens is 366 g/mol. The normalized spacial score (nSPS) is 18.2. The Morgan fingerprint density at radius 1 is 1.03 bits per heavy atom. The van der Waals surface area contributed by atoms with Crippen molar-refractivity contribution in [3.05, 3.63) is 24.3 Å². The van der Waals surface area contributed by atoms with E-state index >= 15 is 0 Å². The van der Waals surface area contributed by atoms with Crippen molar-refractivity contribution in [3.63, 3.8) is 0 Å². The first-order valence-electron chi connectivity index (χ1n) is 10.7. The largest absolute Gasteiger partial charge is 0.493 e. The van der Waals surface area contributed by atoms with Gasteiger partial charge in [0.1, 0.15) is 6.10 Å². The van der Waals surface area contributed by atoms with Crippen LogP contribution in [0.1, 0.15) is 20.8 Å². The lowest BCUT2D eigenvalue weighted by Crippen LogP contribution is -2.49. The monoisotopic (exact) mass is 405 g/mol. The van der Waals surface area contributed by atoms with E-state index in [-0.39, 0.29) is 6.10 Å². The fourth-order valence-corrected chi connectivity index (χ4v) is 3.50. The number of hydrogen-bond donors (Lipinski definition) is 2. The second-order valence-corrected chi connectivity index (χ2v) is 7.75. The number of nitrogens with one attached hydrogen (secondary N) is 2. The molecule has 0 spiro atoms. The predicted octanol–water partition coefficient (Wildman–Crippen LogP) is 1.90. The smallest absolute Gasteiger partial charge is 0.191 e. The van der Waals surface area contributed by atoms with Gasteiger partial charge in [-0.1, -0.05) is 26.0 Å². The number of likely N-dealkylation sites (N-methyl/N-ethyl adjacent to an activating group) is 1. The third-order valence-corrected chi connectivity index (χ3v) is 5.28. The van der Waals surface area contributed by atoms with E-state index in [9.17, 15) is 0 Å². The molecule has 0 bridgehead atoms. The summed E-state index contributed by atoms with van der Waals surface area (Å²) in [6.45, 7) is 15.1. The molecule has 1 aliphatic heterocycles. The molecule has 1 aliphatic rings. The van der Waals surface area contributed by atoms with Gasteiger partial charge in [-0.3, -0.25) is 4.99 Å². The summed E-state index contributed by atoms with van der Waals surface area (Å²) in [5.41, 5.74) is 0. The first kappa shape index (κ1) is 23.3. The van der Waals surface area contributed by atoms with Crippen molar-refractivity contribution in [1.82, 2.24) is 20.4 Å². The van der Waals surface area contributed by atoms with Crippen molar-refractivity contribution in [3.8, 4) is 11.5 Å². The number of ether oxygens (including phenoxy) is 2. The highest BCUT2D eigenvalue weighted by Crippen LogP contribution is 2.26. The van der Waals surface area contributed by atoms with Crippen LogP contribution in [0, 0.1) is 5.92 Å². The maximum Gasteiger partial charge on any atom is 0.191 e. The summed E-state index contributed by atoms with van der Waals surface area (Å²) in [6.07, 6.45) is -0.0165. The Bertz CT molecular complexity index is 617. The second-order valence-electron chi connectivity index (χ2n) is 7.75. The number of piperazine rings is 1. The third kappa shape index (κ3) is 8.11. The van der Waals surface area contributed by atoms with Crippen LogP contribution in [0.4, 0.5) is 0 Å². The zero-order chi connectivity index (χ0) is 21.1. The first-order valence-corrected chi connectivity index (χ1v) is 10.7. The molecule has 1 aromatic rings. The van der Waals surface area contributed by atoms with Gasteiger partial charge in [-0.15, -0.1) is 0 Å². The van der Waals surface area contributed by atoms with Gasteiger partial charge >= 0.3 is 0 Å². The summed E-state index contributed by atoms with van der Waals surface area (Å²) < 4.78 is 11.3. The van der Waals surface area contributed by atoms with Crippen LogP contribution >= 0.6 is 0 Å². The Morgan fingerprint density at radius 2 is 1.66 bits per heavy atom. The molecule has 0 aromatic heterocycles. The van der Waals surface area contributed by atoms with Gasteiger partial charge < -0.3 is 29.9 Å². The van der Waals surface area contributed by atoms with E-state index in [1.54, 1.807) is 14.2 Å². The zero-order valence-corrected chi connectivity index (χ0v) is 18.8. The van der Waals surface area contributed by atoms with Crippen LogP contribution in [-0.2, 0) is 0 Å². The van der Waals surface area contributed by atoms with Crippen molar-refractivity contribution >= 4 is 5.96 Å². The fourth-order valence-electron chi connectivity index (χ4n) is 3.50. The Kier molecular flexibility index (Phi) is 10.1. The second kappa shape index (κ2) is 12.5. The fraction of sp³-hybridized carbons (Fsp3) is 0.682. The van der Waals surface area contributed by atoms with Crippen LogP contribution in [0.5, 0.6) is 11.5 Å². The average molecular weight is 406 g/mol. The van der Waals surface area contributed by atoms with Crippen LogP contribution in [-0.4, -0.2) is 88.4 Å². The third-order valence-electron chi connectivity index (χ3n) is 5.28. The molecule has 0 radical (unpaired) electrons. The molecule has 1 aromatic carbocycles. The number of methoxy groups -OCH3 is 1. The van der Waals surface area contributed by atoms with E-state index in [2.05, 4.69) is 39.3 Å². The molecule has 7 heteroatoms. The van der Waals surface area contributed by atoms with E-state index in [0.29, 0.717) is 12.5 Å². The summed E-state index contributed by atoms with van der Waals surface area (Å²) >= 11 is 0. The number of aliphatic imine (C=N–C) groups is 1. The van der Waals surface area contributed by atoms with Gasteiger partial charge in [0.25, 0.3) is 0 Å². The van der Waals surface area contributed by atoms with Gasteiger partial charge in [0.05, 0.1) is 13.7 Å². The van der Waals surface area contributed by atoms with E-state index in [4.69, 9.17) is 9.47 Å². The lowest BCUT2D eigenvalue weighted by molar-refractivity contribution is 0.124. The number of rotatable bonds is 10. The summed E-state index contributed by atoms with van der Waals surface area (Å²) in [6, 6.07) is 7.71. The van der Waals surface area contributed by atoms with Crippen LogP contribution in [0.3, 0.4) is 0 Å². The maximum atomic E-state index is 5.99. The molecule has 29 heavy (non-hydrogen) atoms. The van der Waals surface area contributed by atoms with E-state index in [1.807, 2.05) is 31.2 Å². The number of nitrogens with zero attached hydrogens (tertiary/aromatic N) is 3. The average Bonchev–Trinajstić information content (AvgIpc) is 2.74. The van der Waals surface area contributed by atoms with Gasteiger partial charge in [-0.25, -0.2) is 0 Å². The zero-order valence-electron chi connectivity index (χ0n) is 18.8. The van der Waals surface area contributed by atoms with Crippen molar-refractivity contribution < 1.29 is 9.47 Å². The molecule has 1 saturated heterocycles. The summed E-state index contributed by atoms with van der Waals surface area (Å²) in [7, 11) is 3.46. The number of hydrogen-bond acceptors (Lipinski definition) is 5. The van der Waals surface area contributed by atoms with E-state index in [1.165, 1.54) is 26.2 Å². The molecule has 2 unspecified atom stereocenters. The highest BCUT2D eigenvalue weighted by atomic mass is 16.5. The molecule has 0 amide bonds. The Hall–Kier alpha value is -1.99. The Balaban J connectivity index is 1.68. The first-order chi connectivity index (χ1) is 14.0. The summed E-state index contributed by atoms with van der Waals surface area (Å²) in [5, 5.41) is 6.79. The molecule has 2 atom stereocenters. The molecule has 0 aliphatic carbocycles. The molecule has 2 rings (SSSR count). The summed E-state index contributed by atoms with van der Waals surface area (Å²) in [4.78, 5) is 9.42. The predicted molar refractivity (Wildman–Crippen MR) is 120 cm³/mol. The van der Waals surface area contributed by atoms with Gasteiger partial charge in [0.15, 0.2) is 17.5 Å². The van der Waals surface area contributed by atoms with Gasteiger partial charge in [-0.05, 0) is 31.5 Å². The minimum absolute atomic E-state index is 0.0165. The highest BCUT2D eigenvalue weighted by Gasteiger charge is 2.17. The van der Waals surface area contributed by atoms with Gasteiger partial charge in [-0.2, -0.15) is 0 Å². The van der Waals surface area contributed by atoms with Crippen LogP contribution in [0.2, 0.25) is 0 Å². The molecule has 1 heterocycles. The number of para-hydroxylation sites is 2. The lowest BCUT2D eigenvalue weighted by Gasteiger charge is -2.35. The minimum Gasteiger partial charge on any atom is -0.493 e. The quantitative estimate of drug-likeness (QED) is 0.458. The van der Waals surface area contributed by atoms with Crippen molar-refractivity contribution in [2.45, 2.75) is 26.9 Å².